The number of likely N-dealkylation sites (tertiary alicyclic amines) is 1. The van der Waals surface area contributed by atoms with Crippen molar-refractivity contribution in [3.8, 4) is 11.3 Å². The Kier molecular flexibility index (Phi) is 5.63. The maximum atomic E-state index is 13.4. The molecular weight excluding hydrogens is 397 g/mol. The van der Waals surface area contributed by atoms with Crippen LogP contribution in [0.4, 0.5) is 15.0 Å². The summed E-state index contributed by atoms with van der Waals surface area (Å²) in [6.07, 6.45) is 3.35. The molecule has 1 fully saturated rings. The topological polar surface area (TPSA) is 70.0 Å². The van der Waals surface area contributed by atoms with E-state index in [4.69, 9.17) is 4.98 Å². The molecule has 4 rings (SSSR count). The number of hydrogen-bond donors (Lipinski definition) is 1. The first-order valence-electron chi connectivity index (χ1n) is 10.3. The Bertz CT molecular complexity index is 1120. The number of aromatic nitrogens is 2. The number of nitrogens with zero attached hydrogens (tertiary/aromatic N) is 4. The number of halogens is 1. The van der Waals surface area contributed by atoms with Crippen LogP contribution in [0.2, 0.25) is 0 Å². The predicted octanol–water partition coefficient (Wildman–Crippen LogP) is 3.78. The van der Waals surface area contributed by atoms with Crippen LogP contribution in [0, 0.1) is 18.7 Å². The predicted molar refractivity (Wildman–Crippen MR) is 117 cm³/mol. The van der Waals surface area contributed by atoms with Crippen LogP contribution in [0.15, 0.2) is 42.6 Å². The lowest BCUT2D eigenvalue weighted by Crippen LogP contribution is -2.47. The van der Waals surface area contributed by atoms with Gasteiger partial charge in [-0.25, -0.2) is 14.2 Å². The fourth-order valence-electron chi connectivity index (χ4n) is 3.94. The molecule has 31 heavy (non-hydrogen) atoms. The van der Waals surface area contributed by atoms with Crippen LogP contribution in [0.1, 0.15) is 18.4 Å². The van der Waals surface area contributed by atoms with Crippen molar-refractivity contribution >= 4 is 23.4 Å². The molecule has 1 N–H and O–H groups in total. The summed E-state index contributed by atoms with van der Waals surface area (Å²) in [6.45, 7) is 3.00. The smallest absolute Gasteiger partial charge is 0.319 e. The summed E-state index contributed by atoms with van der Waals surface area (Å²) < 4.78 is 15.3. The normalized spacial score (nSPS) is 16.4. The van der Waals surface area contributed by atoms with E-state index in [1.807, 2.05) is 29.7 Å². The van der Waals surface area contributed by atoms with Crippen LogP contribution in [-0.4, -0.2) is 58.3 Å². The number of fused-ring (bicyclic) bond motifs is 1. The van der Waals surface area contributed by atoms with Gasteiger partial charge in [0.25, 0.3) is 0 Å². The van der Waals surface area contributed by atoms with E-state index in [0.717, 1.165) is 12.0 Å². The molecule has 7 nitrogen and oxygen atoms in total. The molecule has 0 saturated carbocycles. The third-order valence-corrected chi connectivity index (χ3v) is 5.59. The number of carbonyl (C=O) groups is 2. The Balaban J connectivity index is 1.65. The average molecular weight is 423 g/mol. The summed E-state index contributed by atoms with van der Waals surface area (Å²) in [5, 5.41) is 3.04. The second-order valence-electron chi connectivity index (χ2n) is 8.20. The molecule has 1 aliphatic heterocycles. The largest absolute Gasteiger partial charge is 0.331 e. The third kappa shape index (κ3) is 4.23. The first-order chi connectivity index (χ1) is 14.8. The molecule has 0 radical (unpaired) electrons. The van der Waals surface area contributed by atoms with Crippen LogP contribution in [0.5, 0.6) is 0 Å². The van der Waals surface area contributed by atoms with Gasteiger partial charge in [0, 0.05) is 38.9 Å². The minimum atomic E-state index is -0.332. The highest BCUT2D eigenvalue weighted by Gasteiger charge is 2.30. The van der Waals surface area contributed by atoms with Gasteiger partial charge in [0.05, 0.1) is 5.92 Å². The van der Waals surface area contributed by atoms with Gasteiger partial charge >= 0.3 is 6.03 Å². The number of carbonyl (C=O) groups excluding carboxylic acids is 2. The molecule has 1 saturated heterocycles. The number of piperidine rings is 1. The van der Waals surface area contributed by atoms with Crippen molar-refractivity contribution in [1.82, 2.24) is 19.2 Å². The lowest BCUT2D eigenvalue weighted by Gasteiger charge is -2.33. The van der Waals surface area contributed by atoms with Gasteiger partial charge in [-0.2, -0.15) is 0 Å². The van der Waals surface area contributed by atoms with Gasteiger partial charge in [-0.1, -0.05) is 0 Å². The zero-order valence-electron chi connectivity index (χ0n) is 17.9. The Morgan fingerprint density at radius 1 is 1.19 bits per heavy atom. The second-order valence-corrected chi connectivity index (χ2v) is 8.20. The molecule has 0 bridgehead atoms. The maximum Gasteiger partial charge on any atom is 0.319 e. The number of rotatable bonds is 3. The van der Waals surface area contributed by atoms with Gasteiger partial charge in [-0.3, -0.25) is 9.20 Å². The van der Waals surface area contributed by atoms with Crippen LogP contribution >= 0.6 is 0 Å². The average Bonchev–Trinajstić information content (AvgIpc) is 3.10. The molecule has 0 aliphatic carbocycles. The first-order valence-corrected chi connectivity index (χ1v) is 10.3. The first kappa shape index (κ1) is 20.8. The fraction of sp³-hybridized carbons (Fsp3) is 0.348. The van der Waals surface area contributed by atoms with Crippen molar-refractivity contribution in [1.29, 1.82) is 0 Å². The molecule has 1 aliphatic rings. The van der Waals surface area contributed by atoms with Crippen LogP contribution in [-0.2, 0) is 4.79 Å². The van der Waals surface area contributed by atoms with E-state index in [9.17, 15) is 14.0 Å². The van der Waals surface area contributed by atoms with E-state index in [1.165, 1.54) is 17.0 Å². The number of aryl methyl sites for hydroxylation is 1. The second kappa shape index (κ2) is 8.37. The van der Waals surface area contributed by atoms with E-state index in [1.54, 1.807) is 31.1 Å². The number of benzene rings is 1. The molecule has 3 heterocycles. The number of urea groups is 1. The molecule has 8 heteroatoms. The molecular formula is C23H26FN5O2. The van der Waals surface area contributed by atoms with Gasteiger partial charge < -0.3 is 15.1 Å². The monoisotopic (exact) mass is 423 g/mol. The lowest BCUT2D eigenvalue weighted by molar-refractivity contribution is -0.121. The van der Waals surface area contributed by atoms with Crippen molar-refractivity contribution in [3.05, 3.63) is 54.0 Å². The van der Waals surface area contributed by atoms with E-state index in [-0.39, 0.29) is 23.7 Å². The van der Waals surface area contributed by atoms with Crippen molar-refractivity contribution in [3.63, 3.8) is 0 Å². The molecule has 2 aromatic heterocycles. The number of hydrogen-bond acceptors (Lipinski definition) is 3. The third-order valence-electron chi connectivity index (χ3n) is 5.59. The van der Waals surface area contributed by atoms with Gasteiger partial charge in [-0.15, -0.1) is 0 Å². The minimum Gasteiger partial charge on any atom is -0.331 e. The van der Waals surface area contributed by atoms with Crippen molar-refractivity contribution < 1.29 is 14.0 Å². The van der Waals surface area contributed by atoms with Crippen LogP contribution in [0.25, 0.3) is 16.9 Å². The van der Waals surface area contributed by atoms with E-state index in [0.29, 0.717) is 42.2 Å². The number of pyridine rings is 1. The molecule has 0 unspecified atom stereocenters. The number of anilines is 1. The summed E-state index contributed by atoms with van der Waals surface area (Å²) in [4.78, 5) is 33.5. The summed E-state index contributed by atoms with van der Waals surface area (Å²) in [6, 6.07) is 9.84. The fourth-order valence-corrected chi connectivity index (χ4v) is 3.94. The summed E-state index contributed by atoms with van der Waals surface area (Å²) in [5.41, 5.74) is 3.04. The van der Waals surface area contributed by atoms with E-state index < -0.39 is 0 Å². The highest BCUT2D eigenvalue weighted by atomic mass is 19.1. The molecule has 0 spiro atoms. The highest BCUT2D eigenvalue weighted by molar-refractivity contribution is 5.96. The number of nitrogens with one attached hydrogen (secondary N) is 1. The summed E-state index contributed by atoms with van der Waals surface area (Å²) >= 11 is 0. The van der Waals surface area contributed by atoms with Gasteiger partial charge in [0.1, 0.15) is 23.0 Å². The summed E-state index contributed by atoms with van der Waals surface area (Å²) in [5.74, 6) is -0.249. The van der Waals surface area contributed by atoms with Gasteiger partial charge in [0.2, 0.25) is 5.91 Å². The van der Waals surface area contributed by atoms with Crippen LogP contribution < -0.4 is 5.32 Å². The Morgan fingerprint density at radius 2 is 1.94 bits per heavy atom. The minimum absolute atomic E-state index is 0.0882. The Hall–Kier alpha value is -3.42. The zero-order valence-corrected chi connectivity index (χ0v) is 17.9. The Labute approximate surface area is 180 Å². The maximum absolute atomic E-state index is 13.4. The quantitative estimate of drug-likeness (QED) is 0.697. The van der Waals surface area contributed by atoms with Crippen molar-refractivity contribution in [2.45, 2.75) is 19.8 Å². The molecule has 3 amide bonds. The molecule has 1 aromatic carbocycles. The molecule has 1 atom stereocenters. The lowest BCUT2D eigenvalue weighted by atomic mass is 9.97. The highest BCUT2D eigenvalue weighted by Crippen LogP contribution is 2.30. The van der Waals surface area contributed by atoms with Gasteiger partial charge in [-0.05, 0) is 61.7 Å². The molecule has 162 valence electrons. The summed E-state index contributed by atoms with van der Waals surface area (Å²) in [7, 11) is 3.42. The van der Waals surface area contributed by atoms with E-state index in [2.05, 4.69) is 5.32 Å². The number of imidazole rings is 1. The van der Waals surface area contributed by atoms with Gasteiger partial charge in [0.15, 0.2) is 0 Å². The molecule has 3 aromatic rings. The standard InChI is InChI=1S/C23H26FN5O2/c1-15-10-12-29-19(13-15)25-20(16-6-8-18(24)9-7-16)21(29)26-22(30)17-5-4-11-28(14-17)23(31)27(2)3/h6-10,12-13,17H,4-5,11,14H2,1-3H3,(H,26,30)/t17-/m1/s1. The van der Waals surface area contributed by atoms with Crippen LogP contribution in [0.3, 0.4) is 0 Å². The van der Waals surface area contributed by atoms with E-state index >= 15 is 0 Å². The SMILES string of the molecule is Cc1ccn2c(NC(=O)[C@@H]3CCCN(C(=O)N(C)C)C3)c(-c3ccc(F)cc3)nc2c1. The van der Waals surface area contributed by atoms with Crippen molar-refractivity contribution in [2.75, 3.05) is 32.5 Å². The Morgan fingerprint density at radius 3 is 2.65 bits per heavy atom. The van der Waals surface area contributed by atoms with Crippen molar-refractivity contribution in [2.24, 2.45) is 5.92 Å². The zero-order chi connectivity index (χ0) is 22.1. The number of amides is 3.